The van der Waals surface area contributed by atoms with Gasteiger partial charge in [-0.15, -0.1) is 0 Å². The molecule has 2 aromatic carbocycles. The fourth-order valence-electron chi connectivity index (χ4n) is 1.97. The van der Waals surface area contributed by atoms with Crippen molar-refractivity contribution in [1.82, 2.24) is 0 Å². The number of nitrogens with one attached hydrogen (secondary N) is 1. The molecule has 0 aliphatic carbocycles. The molecule has 0 fully saturated rings. The Balaban J connectivity index is 2.06. The Labute approximate surface area is 122 Å². The highest BCUT2D eigenvalue weighted by Gasteiger charge is 2.10. The van der Waals surface area contributed by atoms with E-state index in [1.54, 1.807) is 19.2 Å². The van der Waals surface area contributed by atoms with Crippen molar-refractivity contribution in [1.29, 1.82) is 0 Å². The quantitative estimate of drug-likeness (QED) is 0.920. The zero-order valence-electron chi connectivity index (χ0n) is 11.9. The number of methoxy groups -OCH3 is 2. The summed E-state index contributed by atoms with van der Waals surface area (Å²) in [7, 11) is 2.94. The minimum atomic E-state index is -0.521. The maximum atomic E-state index is 13.6. The highest BCUT2D eigenvalue weighted by atomic mass is 19.1. The van der Waals surface area contributed by atoms with E-state index >= 15 is 0 Å². The molecule has 2 aromatic rings. The second-order valence-corrected chi connectivity index (χ2v) is 4.39. The monoisotopic (exact) mass is 289 g/mol. The normalized spacial score (nSPS) is 10.0. The highest BCUT2D eigenvalue weighted by molar-refractivity contribution is 5.92. The van der Waals surface area contributed by atoms with Gasteiger partial charge in [0, 0.05) is 17.3 Å². The first-order valence-electron chi connectivity index (χ1n) is 6.39. The number of carbonyl (C=O) groups is 1. The molecule has 0 unspecified atom stereocenters. The maximum Gasteiger partial charge on any atom is 0.228 e. The van der Waals surface area contributed by atoms with Crippen LogP contribution in [0.15, 0.2) is 42.5 Å². The van der Waals surface area contributed by atoms with E-state index in [4.69, 9.17) is 9.47 Å². The van der Waals surface area contributed by atoms with E-state index in [2.05, 4.69) is 5.32 Å². The van der Waals surface area contributed by atoms with Crippen molar-refractivity contribution < 1.29 is 18.7 Å². The summed E-state index contributed by atoms with van der Waals surface area (Å²) < 4.78 is 23.6. The number of carbonyl (C=O) groups excluding carboxylic acids is 1. The number of halogens is 1. The first-order chi connectivity index (χ1) is 10.1. The van der Waals surface area contributed by atoms with E-state index in [-0.39, 0.29) is 18.1 Å². The van der Waals surface area contributed by atoms with Crippen molar-refractivity contribution in [2.75, 3.05) is 19.5 Å². The SMILES string of the molecule is COc1ccc(NC(=O)Cc2ccccc2OC)cc1F. The lowest BCUT2D eigenvalue weighted by atomic mass is 10.1. The van der Waals surface area contributed by atoms with Gasteiger partial charge in [0.2, 0.25) is 5.91 Å². The molecule has 0 saturated heterocycles. The Morgan fingerprint density at radius 3 is 2.48 bits per heavy atom. The van der Waals surface area contributed by atoms with Gasteiger partial charge in [0.15, 0.2) is 11.6 Å². The number of hydrogen-bond acceptors (Lipinski definition) is 3. The molecule has 2 rings (SSSR count). The lowest BCUT2D eigenvalue weighted by molar-refractivity contribution is -0.115. The van der Waals surface area contributed by atoms with Crippen LogP contribution in [0.2, 0.25) is 0 Å². The zero-order valence-corrected chi connectivity index (χ0v) is 11.9. The van der Waals surface area contributed by atoms with E-state index in [1.807, 2.05) is 18.2 Å². The second-order valence-electron chi connectivity index (χ2n) is 4.39. The third-order valence-corrected chi connectivity index (χ3v) is 2.98. The molecule has 21 heavy (non-hydrogen) atoms. The molecule has 0 radical (unpaired) electrons. The predicted molar refractivity (Wildman–Crippen MR) is 78.3 cm³/mol. The van der Waals surface area contributed by atoms with E-state index in [0.717, 1.165) is 5.56 Å². The van der Waals surface area contributed by atoms with Crippen LogP contribution in [0.4, 0.5) is 10.1 Å². The molecule has 0 heterocycles. The molecule has 0 aliphatic rings. The van der Waals surface area contributed by atoms with Gasteiger partial charge in [-0.3, -0.25) is 4.79 Å². The maximum absolute atomic E-state index is 13.6. The molecular weight excluding hydrogens is 273 g/mol. The molecule has 110 valence electrons. The molecule has 0 bridgehead atoms. The molecule has 5 heteroatoms. The van der Waals surface area contributed by atoms with Crippen LogP contribution in [-0.2, 0) is 11.2 Å². The van der Waals surface area contributed by atoms with Crippen LogP contribution in [0.25, 0.3) is 0 Å². The summed E-state index contributed by atoms with van der Waals surface area (Å²) in [6.07, 6.45) is 0.150. The smallest absolute Gasteiger partial charge is 0.228 e. The number of anilines is 1. The number of benzene rings is 2. The average molecular weight is 289 g/mol. The van der Waals surface area contributed by atoms with Crippen molar-refractivity contribution in [3.05, 3.63) is 53.8 Å². The Hall–Kier alpha value is -2.56. The van der Waals surface area contributed by atoms with E-state index in [1.165, 1.54) is 19.2 Å². The van der Waals surface area contributed by atoms with E-state index in [9.17, 15) is 9.18 Å². The summed E-state index contributed by atoms with van der Waals surface area (Å²) in [4.78, 5) is 12.0. The summed E-state index contributed by atoms with van der Waals surface area (Å²) >= 11 is 0. The first kappa shape index (κ1) is 14.8. The molecule has 0 aromatic heterocycles. The van der Waals surface area contributed by atoms with Gasteiger partial charge in [-0.2, -0.15) is 0 Å². The highest BCUT2D eigenvalue weighted by Crippen LogP contribution is 2.22. The first-order valence-corrected chi connectivity index (χ1v) is 6.39. The zero-order chi connectivity index (χ0) is 15.2. The second kappa shape index (κ2) is 6.74. The lowest BCUT2D eigenvalue weighted by Crippen LogP contribution is -2.15. The summed E-state index contributed by atoms with van der Waals surface area (Å²) in [5.74, 6) is 0.0166. The molecule has 1 N–H and O–H groups in total. The predicted octanol–water partition coefficient (Wildman–Crippen LogP) is 3.02. The third-order valence-electron chi connectivity index (χ3n) is 2.98. The number of rotatable bonds is 5. The van der Waals surface area contributed by atoms with Gasteiger partial charge in [-0.05, 0) is 18.2 Å². The van der Waals surface area contributed by atoms with Crippen LogP contribution in [0.3, 0.4) is 0 Å². The van der Waals surface area contributed by atoms with Crippen molar-refractivity contribution in [3.63, 3.8) is 0 Å². The number of ether oxygens (including phenoxy) is 2. The van der Waals surface area contributed by atoms with Gasteiger partial charge in [0.1, 0.15) is 5.75 Å². The van der Waals surface area contributed by atoms with E-state index in [0.29, 0.717) is 11.4 Å². The Morgan fingerprint density at radius 2 is 1.81 bits per heavy atom. The van der Waals surface area contributed by atoms with Crippen LogP contribution in [-0.4, -0.2) is 20.1 Å². The fraction of sp³-hybridized carbons (Fsp3) is 0.188. The standard InChI is InChI=1S/C16H16FNO3/c1-20-14-6-4-3-5-11(14)9-16(19)18-12-7-8-15(21-2)13(17)10-12/h3-8,10H,9H2,1-2H3,(H,18,19). The van der Waals surface area contributed by atoms with Gasteiger partial charge in [0.25, 0.3) is 0 Å². The Kier molecular flexibility index (Phi) is 4.77. The summed E-state index contributed by atoms with van der Waals surface area (Å²) in [5, 5.41) is 2.64. The van der Waals surface area contributed by atoms with Crippen LogP contribution in [0, 0.1) is 5.82 Å². The summed E-state index contributed by atoms with van der Waals surface area (Å²) in [5.41, 5.74) is 1.15. The Bertz CT molecular complexity index is 643. The van der Waals surface area contributed by atoms with Crippen molar-refractivity contribution >= 4 is 11.6 Å². The minimum absolute atomic E-state index is 0.137. The van der Waals surface area contributed by atoms with Gasteiger partial charge in [-0.25, -0.2) is 4.39 Å². The third kappa shape index (κ3) is 3.72. The van der Waals surface area contributed by atoms with Gasteiger partial charge >= 0.3 is 0 Å². The topological polar surface area (TPSA) is 47.6 Å². The van der Waals surface area contributed by atoms with E-state index < -0.39 is 5.82 Å². The largest absolute Gasteiger partial charge is 0.496 e. The molecule has 1 amide bonds. The molecule has 0 atom stereocenters. The minimum Gasteiger partial charge on any atom is -0.496 e. The van der Waals surface area contributed by atoms with Crippen molar-refractivity contribution in [2.24, 2.45) is 0 Å². The van der Waals surface area contributed by atoms with Crippen LogP contribution in [0.1, 0.15) is 5.56 Å². The lowest BCUT2D eigenvalue weighted by Gasteiger charge is -2.09. The fourth-order valence-corrected chi connectivity index (χ4v) is 1.97. The van der Waals surface area contributed by atoms with Crippen LogP contribution in [0.5, 0.6) is 11.5 Å². The molecule has 0 saturated carbocycles. The summed E-state index contributed by atoms with van der Waals surface area (Å²) in [6, 6.07) is 11.5. The molecule has 4 nitrogen and oxygen atoms in total. The van der Waals surface area contributed by atoms with Crippen LogP contribution >= 0.6 is 0 Å². The van der Waals surface area contributed by atoms with Gasteiger partial charge in [-0.1, -0.05) is 18.2 Å². The van der Waals surface area contributed by atoms with Gasteiger partial charge < -0.3 is 14.8 Å². The number of para-hydroxylation sites is 1. The van der Waals surface area contributed by atoms with Crippen LogP contribution < -0.4 is 14.8 Å². The molecule has 0 spiro atoms. The molecular formula is C16H16FNO3. The molecule has 0 aliphatic heterocycles. The number of amides is 1. The van der Waals surface area contributed by atoms with Crippen molar-refractivity contribution in [2.45, 2.75) is 6.42 Å². The van der Waals surface area contributed by atoms with Crippen molar-refractivity contribution in [3.8, 4) is 11.5 Å². The Morgan fingerprint density at radius 1 is 1.10 bits per heavy atom. The summed E-state index contributed by atoms with van der Waals surface area (Å²) in [6.45, 7) is 0. The average Bonchev–Trinajstić information content (AvgIpc) is 2.48. The van der Waals surface area contributed by atoms with Gasteiger partial charge in [0.05, 0.1) is 20.6 Å². The number of hydrogen-bond donors (Lipinski definition) is 1.